The third-order valence-corrected chi connectivity index (χ3v) is 4.39. The molecule has 0 saturated heterocycles. The van der Waals surface area contributed by atoms with Gasteiger partial charge in [-0.15, -0.1) is 0 Å². The summed E-state index contributed by atoms with van der Waals surface area (Å²) in [6.07, 6.45) is 0.571. The molecule has 0 fully saturated rings. The maximum atomic E-state index is 11.7. The molecule has 1 aromatic rings. The van der Waals surface area contributed by atoms with Crippen LogP contribution in [0.5, 0.6) is 0 Å². The van der Waals surface area contributed by atoms with E-state index in [1.54, 1.807) is 12.1 Å². The van der Waals surface area contributed by atoms with Crippen molar-refractivity contribution in [2.75, 3.05) is 12.4 Å². The number of nitriles is 1. The van der Waals surface area contributed by atoms with E-state index < -0.39 is 15.8 Å². The van der Waals surface area contributed by atoms with Crippen LogP contribution in [0.1, 0.15) is 24.8 Å². The molecule has 1 rings (SSSR count). The van der Waals surface area contributed by atoms with Gasteiger partial charge in [0.25, 0.3) is 0 Å². The first-order valence-corrected chi connectivity index (χ1v) is 7.03. The van der Waals surface area contributed by atoms with Gasteiger partial charge >= 0.3 is 0 Å². The van der Waals surface area contributed by atoms with Gasteiger partial charge in [-0.05, 0) is 24.1 Å². The van der Waals surface area contributed by atoms with Crippen molar-refractivity contribution in [1.82, 2.24) is 0 Å². The monoisotopic (exact) mass is 253 g/mol. The minimum absolute atomic E-state index is 0.119. The summed E-state index contributed by atoms with van der Waals surface area (Å²) < 4.78 is 23.5. The van der Waals surface area contributed by atoms with Gasteiger partial charge in [0.2, 0.25) is 0 Å². The lowest BCUT2D eigenvalue weighted by Gasteiger charge is -2.07. The van der Waals surface area contributed by atoms with E-state index in [1.165, 1.54) is 12.1 Å². The summed E-state index contributed by atoms with van der Waals surface area (Å²) in [7, 11) is -3.21. The van der Waals surface area contributed by atoms with Crippen LogP contribution < -0.4 is 0 Å². The third kappa shape index (κ3) is 3.29. The summed E-state index contributed by atoms with van der Waals surface area (Å²) in [6.45, 7) is 1.54. The molecule has 1 unspecified atom stereocenters. The minimum Gasteiger partial charge on any atom is -0.395 e. The summed E-state index contributed by atoms with van der Waals surface area (Å²) in [4.78, 5) is 0.262. The smallest absolute Gasteiger partial charge is 0.178 e. The molecule has 0 bridgehead atoms. The second-order valence-electron chi connectivity index (χ2n) is 3.75. The summed E-state index contributed by atoms with van der Waals surface area (Å²) in [5.74, 6) is -0.480. The third-order valence-electron chi connectivity index (χ3n) is 2.45. The Morgan fingerprint density at radius 3 is 2.35 bits per heavy atom. The average molecular weight is 253 g/mol. The standard InChI is InChI=1S/C12H15NO3S/c1-2-7-17(15,16)12-5-3-10(4-6-12)11(8-13)9-14/h3-6,11,14H,2,7,9H2,1H3. The fourth-order valence-corrected chi connectivity index (χ4v) is 2.84. The van der Waals surface area contributed by atoms with Crippen molar-refractivity contribution < 1.29 is 13.5 Å². The first-order valence-electron chi connectivity index (χ1n) is 5.38. The predicted molar refractivity (Wildman–Crippen MR) is 64.2 cm³/mol. The first-order chi connectivity index (χ1) is 8.05. The van der Waals surface area contributed by atoms with Crippen molar-refractivity contribution in [2.45, 2.75) is 24.2 Å². The molecule has 0 spiro atoms. The average Bonchev–Trinajstić information content (AvgIpc) is 2.31. The lowest BCUT2D eigenvalue weighted by Crippen LogP contribution is -2.07. The van der Waals surface area contributed by atoms with Gasteiger partial charge in [-0.3, -0.25) is 0 Å². The molecule has 5 heteroatoms. The molecule has 0 aromatic heterocycles. The van der Waals surface area contributed by atoms with Crippen LogP contribution >= 0.6 is 0 Å². The zero-order valence-electron chi connectivity index (χ0n) is 9.63. The zero-order chi connectivity index (χ0) is 12.9. The van der Waals surface area contributed by atoms with E-state index in [-0.39, 0.29) is 17.3 Å². The second kappa shape index (κ2) is 5.80. The first kappa shape index (κ1) is 13.7. The van der Waals surface area contributed by atoms with Crippen LogP contribution in [0.2, 0.25) is 0 Å². The van der Waals surface area contributed by atoms with Crippen LogP contribution in [0.15, 0.2) is 29.2 Å². The number of aliphatic hydroxyl groups is 1. The SMILES string of the molecule is CCCS(=O)(=O)c1ccc(C(C#N)CO)cc1. The Morgan fingerprint density at radius 2 is 1.94 bits per heavy atom. The van der Waals surface area contributed by atoms with E-state index in [1.807, 2.05) is 13.0 Å². The summed E-state index contributed by atoms with van der Waals surface area (Å²) in [6, 6.07) is 8.08. The molecule has 17 heavy (non-hydrogen) atoms. The highest BCUT2D eigenvalue weighted by molar-refractivity contribution is 7.91. The molecule has 4 nitrogen and oxygen atoms in total. The Kier molecular flexibility index (Phi) is 4.67. The minimum atomic E-state index is -3.21. The molecule has 1 aromatic carbocycles. The van der Waals surface area contributed by atoms with Crippen LogP contribution in [0.4, 0.5) is 0 Å². The highest BCUT2D eigenvalue weighted by Gasteiger charge is 2.14. The number of hydrogen-bond donors (Lipinski definition) is 1. The molecule has 0 aliphatic rings. The molecule has 0 aliphatic heterocycles. The van der Waals surface area contributed by atoms with Crippen LogP contribution in [0.3, 0.4) is 0 Å². The number of aliphatic hydroxyl groups excluding tert-OH is 1. The van der Waals surface area contributed by atoms with Gasteiger partial charge in [-0.2, -0.15) is 5.26 Å². The van der Waals surface area contributed by atoms with Crippen LogP contribution in [0, 0.1) is 11.3 Å². The molecular formula is C12H15NO3S. The fraction of sp³-hybridized carbons (Fsp3) is 0.417. The van der Waals surface area contributed by atoms with Gasteiger partial charge in [0, 0.05) is 0 Å². The van der Waals surface area contributed by atoms with E-state index in [9.17, 15) is 8.42 Å². The van der Waals surface area contributed by atoms with Gasteiger partial charge in [-0.25, -0.2) is 8.42 Å². The number of sulfone groups is 1. The molecular weight excluding hydrogens is 238 g/mol. The highest BCUT2D eigenvalue weighted by Crippen LogP contribution is 2.18. The zero-order valence-corrected chi connectivity index (χ0v) is 10.4. The number of rotatable bonds is 5. The Hall–Kier alpha value is -1.38. The molecule has 0 saturated carbocycles. The van der Waals surface area contributed by atoms with Crippen molar-refractivity contribution in [3.63, 3.8) is 0 Å². The lowest BCUT2D eigenvalue weighted by molar-refractivity contribution is 0.286. The second-order valence-corrected chi connectivity index (χ2v) is 5.86. The molecule has 1 atom stereocenters. The van der Waals surface area contributed by atoms with Gasteiger partial charge in [0.1, 0.15) is 0 Å². The van der Waals surface area contributed by atoms with Crippen LogP contribution in [-0.2, 0) is 9.84 Å². The number of nitrogens with zero attached hydrogens (tertiary/aromatic N) is 1. The van der Waals surface area contributed by atoms with E-state index in [0.29, 0.717) is 12.0 Å². The van der Waals surface area contributed by atoms with E-state index >= 15 is 0 Å². The lowest BCUT2D eigenvalue weighted by atomic mass is 10.0. The Morgan fingerprint density at radius 1 is 1.35 bits per heavy atom. The van der Waals surface area contributed by atoms with Crippen molar-refractivity contribution in [3.8, 4) is 6.07 Å². The molecule has 0 amide bonds. The fourth-order valence-electron chi connectivity index (χ4n) is 1.51. The largest absolute Gasteiger partial charge is 0.395 e. The number of benzene rings is 1. The van der Waals surface area contributed by atoms with Crippen molar-refractivity contribution >= 4 is 9.84 Å². The van der Waals surface area contributed by atoms with Gasteiger partial charge < -0.3 is 5.11 Å². The maximum absolute atomic E-state index is 11.7. The Labute approximate surface area is 101 Å². The van der Waals surface area contributed by atoms with Crippen molar-refractivity contribution in [2.24, 2.45) is 0 Å². The predicted octanol–water partition coefficient (Wildman–Crippen LogP) is 1.47. The molecule has 0 radical (unpaired) electrons. The normalized spacial score (nSPS) is 13.0. The van der Waals surface area contributed by atoms with Crippen LogP contribution in [-0.4, -0.2) is 25.9 Å². The molecule has 0 heterocycles. The van der Waals surface area contributed by atoms with Crippen molar-refractivity contribution in [1.29, 1.82) is 5.26 Å². The molecule has 0 aliphatic carbocycles. The van der Waals surface area contributed by atoms with Gasteiger partial charge in [0.15, 0.2) is 9.84 Å². The maximum Gasteiger partial charge on any atom is 0.178 e. The topological polar surface area (TPSA) is 78.2 Å². The van der Waals surface area contributed by atoms with E-state index in [0.717, 1.165) is 0 Å². The summed E-state index contributed by atoms with van der Waals surface area (Å²) >= 11 is 0. The van der Waals surface area contributed by atoms with Gasteiger partial charge in [-0.1, -0.05) is 19.1 Å². The van der Waals surface area contributed by atoms with Crippen molar-refractivity contribution in [3.05, 3.63) is 29.8 Å². The Bertz CT molecular complexity index is 500. The van der Waals surface area contributed by atoms with Gasteiger partial charge in [0.05, 0.1) is 29.2 Å². The summed E-state index contributed by atoms with van der Waals surface area (Å²) in [5, 5.41) is 17.7. The number of hydrogen-bond acceptors (Lipinski definition) is 4. The quantitative estimate of drug-likeness (QED) is 0.862. The van der Waals surface area contributed by atoms with E-state index in [2.05, 4.69) is 0 Å². The molecule has 1 N–H and O–H groups in total. The van der Waals surface area contributed by atoms with E-state index in [4.69, 9.17) is 10.4 Å². The Balaban J connectivity index is 3.01. The molecule has 92 valence electrons. The highest BCUT2D eigenvalue weighted by atomic mass is 32.2. The van der Waals surface area contributed by atoms with Crippen LogP contribution in [0.25, 0.3) is 0 Å². The summed E-state index contributed by atoms with van der Waals surface area (Å²) in [5.41, 5.74) is 0.630.